The minimum atomic E-state index is 0.0433. The number of benzene rings is 1. The molecule has 0 saturated carbocycles. The van der Waals surface area contributed by atoms with E-state index in [1.54, 1.807) is 17.5 Å². The fourth-order valence-electron chi connectivity index (χ4n) is 2.48. The van der Waals surface area contributed by atoms with Gasteiger partial charge in [0, 0.05) is 35.9 Å². The van der Waals surface area contributed by atoms with Gasteiger partial charge in [0.05, 0.1) is 6.10 Å². The Hall–Kier alpha value is -1.72. The molecule has 1 amide bonds. The van der Waals surface area contributed by atoms with E-state index >= 15 is 0 Å². The molecule has 0 bridgehead atoms. The van der Waals surface area contributed by atoms with E-state index in [1.165, 1.54) is 0 Å². The molecule has 1 fully saturated rings. The summed E-state index contributed by atoms with van der Waals surface area (Å²) in [4.78, 5) is 16.3. The highest BCUT2D eigenvalue weighted by atomic mass is 32.1. The third-order valence-corrected chi connectivity index (χ3v) is 4.37. The molecule has 0 unspecified atom stereocenters. The zero-order valence-electron chi connectivity index (χ0n) is 11.7. The summed E-state index contributed by atoms with van der Waals surface area (Å²) in [6.45, 7) is 0.835. The number of amides is 1. The maximum absolute atomic E-state index is 12.0. The van der Waals surface area contributed by atoms with E-state index in [4.69, 9.17) is 4.74 Å². The first-order valence-electron chi connectivity index (χ1n) is 7.22. The maximum atomic E-state index is 12.0. The number of carbonyl (C=O) groups excluding carboxylic acids is 1. The van der Waals surface area contributed by atoms with Gasteiger partial charge in [0.2, 0.25) is 5.91 Å². The van der Waals surface area contributed by atoms with E-state index in [9.17, 15) is 4.79 Å². The van der Waals surface area contributed by atoms with Crippen LogP contribution >= 0.6 is 11.3 Å². The first kappa shape index (κ1) is 14.2. The van der Waals surface area contributed by atoms with Gasteiger partial charge in [0.15, 0.2) is 0 Å². The number of aromatic nitrogens is 1. The fraction of sp³-hybridized carbons (Fsp3) is 0.375. The second-order valence-electron chi connectivity index (χ2n) is 5.14. The molecule has 3 rings (SSSR count). The predicted molar refractivity (Wildman–Crippen MR) is 84.4 cm³/mol. The minimum Gasteiger partial charge on any atom is -0.378 e. The van der Waals surface area contributed by atoms with Gasteiger partial charge in [0.25, 0.3) is 0 Å². The number of rotatable bonds is 5. The first-order chi connectivity index (χ1) is 10.3. The molecular formula is C16H18N2O2S. The molecule has 21 heavy (non-hydrogen) atoms. The molecule has 2 aromatic rings. The molecule has 2 heterocycles. The van der Waals surface area contributed by atoms with Crippen LogP contribution in [0.1, 0.15) is 25.7 Å². The van der Waals surface area contributed by atoms with Crippen LogP contribution in [0, 0.1) is 0 Å². The van der Waals surface area contributed by atoms with E-state index in [0.717, 1.165) is 42.1 Å². The van der Waals surface area contributed by atoms with E-state index in [1.807, 2.05) is 29.6 Å². The van der Waals surface area contributed by atoms with Crippen molar-refractivity contribution in [1.82, 2.24) is 4.98 Å². The highest BCUT2D eigenvalue weighted by molar-refractivity contribution is 7.13. The average Bonchev–Trinajstić information content (AvgIpc) is 3.19. The largest absolute Gasteiger partial charge is 0.378 e. The molecule has 1 aromatic heterocycles. The van der Waals surface area contributed by atoms with Crippen molar-refractivity contribution >= 4 is 22.9 Å². The number of ether oxygens (including phenoxy) is 1. The summed E-state index contributed by atoms with van der Waals surface area (Å²) in [7, 11) is 0. The van der Waals surface area contributed by atoms with E-state index in [0.29, 0.717) is 6.42 Å². The van der Waals surface area contributed by atoms with E-state index in [-0.39, 0.29) is 12.0 Å². The molecule has 5 heteroatoms. The van der Waals surface area contributed by atoms with Crippen LogP contribution in [0.15, 0.2) is 35.8 Å². The quantitative estimate of drug-likeness (QED) is 0.916. The summed E-state index contributed by atoms with van der Waals surface area (Å²) in [6.07, 6.45) is 5.55. The van der Waals surface area contributed by atoms with Crippen molar-refractivity contribution in [1.29, 1.82) is 0 Å². The SMILES string of the molecule is O=C(CC[C@@H]1CCCO1)Nc1cccc(-c2nccs2)c1. The van der Waals surface area contributed by atoms with Crippen molar-refractivity contribution in [2.75, 3.05) is 11.9 Å². The summed E-state index contributed by atoms with van der Waals surface area (Å²) in [5, 5.41) is 5.86. The topological polar surface area (TPSA) is 51.2 Å². The van der Waals surface area contributed by atoms with Gasteiger partial charge < -0.3 is 10.1 Å². The summed E-state index contributed by atoms with van der Waals surface area (Å²) in [5.41, 5.74) is 1.85. The van der Waals surface area contributed by atoms with Crippen molar-refractivity contribution in [3.05, 3.63) is 35.8 Å². The molecule has 0 radical (unpaired) electrons. The van der Waals surface area contributed by atoms with Crippen LogP contribution in [0.5, 0.6) is 0 Å². The lowest BCUT2D eigenvalue weighted by Gasteiger charge is -2.10. The molecule has 0 aliphatic carbocycles. The average molecular weight is 302 g/mol. The highest BCUT2D eigenvalue weighted by Crippen LogP contribution is 2.24. The first-order valence-corrected chi connectivity index (χ1v) is 8.10. The van der Waals surface area contributed by atoms with Crippen LogP contribution in [0.3, 0.4) is 0 Å². The van der Waals surface area contributed by atoms with Crippen molar-refractivity contribution < 1.29 is 9.53 Å². The molecule has 1 aliphatic heterocycles. The molecule has 110 valence electrons. The number of anilines is 1. The summed E-state index contributed by atoms with van der Waals surface area (Å²) >= 11 is 1.59. The molecule has 1 aromatic carbocycles. The monoisotopic (exact) mass is 302 g/mol. The normalized spacial score (nSPS) is 17.8. The van der Waals surface area contributed by atoms with E-state index < -0.39 is 0 Å². The van der Waals surface area contributed by atoms with Crippen LogP contribution in [0.4, 0.5) is 5.69 Å². The Labute approximate surface area is 128 Å². The number of carbonyl (C=O) groups is 1. The molecule has 1 saturated heterocycles. The van der Waals surface area contributed by atoms with Crippen LogP contribution in [-0.2, 0) is 9.53 Å². The lowest BCUT2D eigenvalue weighted by Crippen LogP contribution is -2.15. The Balaban J connectivity index is 1.56. The van der Waals surface area contributed by atoms with Gasteiger partial charge in [-0.15, -0.1) is 11.3 Å². The van der Waals surface area contributed by atoms with Crippen molar-refractivity contribution in [2.24, 2.45) is 0 Å². The Morgan fingerprint density at radius 1 is 1.48 bits per heavy atom. The Bertz CT molecular complexity index is 592. The number of nitrogens with one attached hydrogen (secondary N) is 1. The van der Waals surface area contributed by atoms with E-state index in [2.05, 4.69) is 10.3 Å². The molecule has 0 spiro atoms. The minimum absolute atomic E-state index is 0.0433. The van der Waals surface area contributed by atoms with Crippen LogP contribution in [0.2, 0.25) is 0 Å². The van der Waals surface area contributed by atoms with Gasteiger partial charge in [-0.2, -0.15) is 0 Å². The second kappa shape index (κ2) is 6.83. The number of nitrogens with zero attached hydrogens (tertiary/aromatic N) is 1. The third kappa shape index (κ3) is 3.89. The van der Waals surface area contributed by atoms with Crippen LogP contribution < -0.4 is 5.32 Å². The van der Waals surface area contributed by atoms with Crippen molar-refractivity contribution in [3.8, 4) is 10.6 Å². The molecule has 1 aliphatic rings. The smallest absolute Gasteiger partial charge is 0.224 e. The van der Waals surface area contributed by atoms with Gasteiger partial charge in [-0.3, -0.25) is 4.79 Å². The lowest BCUT2D eigenvalue weighted by atomic mass is 10.1. The summed E-state index contributed by atoms with van der Waals surface area (Å²) < 4.78 is 5.53. The predicted octanol–water partition coefficient (Wildman–Crippen LogP) is 3.71. The van der Waals surface area contributed by atoms with Crippen LogP contribution in [0.25, 0.3) is 10.6 Å². The highest BCUT2D eigenvalue weighted by Gasteiger charge is 2.16. The van der Waals surface area contributed by atoms with Gasteiger partial charge in [-0.1, -0.05) is 12.1 Å². The van der Waals surface area contributed by atoms with Crippen molar-refractivity contribution in [3.63, 3.8) is 0 Å². The Kier molecular flexibility index (Phi) is 4.62. The summed E-state index contributed by atoms with van der Waals surface area (Å²) in [5.74, 6) is 0.0433. The van der Waals surface area contributed by atoms with Crippen LogP contribution in [-0.4, -0.2) is 23.6 Å². The Morgan fingerprint density at radius 2 is 2.43 bits per heavy atom. The van der Waals surface area contributed by atoms with Crippen molar-refractivity contribution in [2.45, 2.75) is 31.8 Å². The summed E-state index contributed by atoms with van der Waals surface area (Å²) in [6, 6.07) is 7.80. The zero-order chi connectivity index (χ0) is 14.5. The van der Waals surface area contributed by atoms with Gasteiger partial charge in [-0.05, 0) is 31.4 Å². The lowest BCUT2D eigenvalue weighted by molar-refractivity contribution is -0.116. The number of hydrogen-bond donors (Lipinski definition) is 1. The zero-order valence-corrected chi connectivity index (χ0v) is 12.6. The fourth-order valence-corrected chi connectivity index (χ4v) is 3.12. The Morgan fingerprint density at radius 3 is 3.19 bits per heavy atom. The number of thiazole rings is 1. The molecular weight excluding hydrogens is 284 g/mol. The third-order valence-electron chi connectivity index (χ3n) is 3.54. The van der Waals surface area contributed by atoms with Gasteiger partial charge in [0.1, 0.15) is 5.01 Å². The molecule has 1 N–H and O–H groups in total. The maximum Gasteiger partial charge on any atom is 0.224 e. The molecule has 4 nitrogen and oxygen atoms in total. The number of hydrogen-bond acceptors (Lipinski definition) is 4. The van der Waals surface area contributed by atoms with Gasteiger partial charge >= 0.3 is 0 Å². The standard InChI is InChI=1S/C16H18N2O2S/c19-15(7-6-14-5-2-9-20-14)18-13-4-1-3-12(11-13)16-17-8-10-21-16/h1,3-4,8,10-11,14H,2,5-7,9H2,(H,18,19)/t14-/m0/s1. The second-order valence-corrected chi connectivity index (χ2v) is 6.03. The molecule has 1 atom stereocenters. The van der Waals surface area contributed by atoms with Gasteiger partial charge in [-0.25, -0.2) is 4.98 Å².